The van der Waals surface area contributed by atoms with Crippen LogP contribution in [-0.2, 0) is 0 Å². The van der Waals surface area contributed by atoms with Crippen molar-refractivity contribution in [3.8, 4) is 0 Å². The molecule has 4 nitrogen and oxygen atoms in total. The van der Waals surface area contributed by atoms with E-state index < -0.39 is 23.2 Å². The van der Waals surface area contributed by atoms with Crippen LogP contribution in [-0.4, -0.2) is 5.91 Å². The number of carbonyl (C=O) groups excluding carboxylic acids is 1. The molecule has 0 aliphatic carbocycles. The first-order chi connectivity index (χ1) is 14.1. The lowest BCUT2D eigenvalue weighted by atomic mass is 9.98. The summed E-state index contributed by atoms with van der Waals surface area (Å²) in [6.07, 6.45) is 0. The smallest absolute Gasteiger partial charge is 0.295 e. The summed E-state index contributed by atoms with van der Waals surface area (Å²) in [6, 6.07) is 18.6. The second-order valence-electron chi connectivity index (χ2n) is 6.75. The molecule has 1 amide bonds. The van der Waals surface area contributed by atoms with Crippen molar-refractivity contribution < 1.29 is 13.6 Å². The van der Waals surface area contributed by atoms with Crippen molar-refractivity contribution in [2.24, 2.45) is 0 Å². The molecule has 3 aromatic carbocycles. The Bertz CT molecular complexity index is 1330. The maximum Gasteiger partial charge on any atom is 0.295 e. The summed E-state index contributed by atoms with van der Waals surface area (Å²) in [5.74, 6) is -1.08. The summed E-state index contributed by atoms with van der Waals surface area (Å²) >= 11 is 6.06. The van der Waals surface area contributed by atoms with E-state index >= 15 is 0 Å². The molecule has 0 fully saturated rings. The van der Waals surface area contributed by atoms with Crippen molar-refractivity contribution in [2.75, 3.05) is 4.90 Å². The highest BCUT2D eigenvalue weighted by Crippen LogP contribution is 2.41. The van der Waals surface area contributed by atoms with Crippen LogP contribution in [0.1, 0.15) is 27.7 Å². The minimum absolute atomic E-state index is 0.0815. The maximum atomic E-state index is 14.8. The Hall–Kier alpha value is -3.44. The Morgan fingerprint density at radius 2 is 1.66 bits per heavy atom. The molecule has 0 saturated carbocycles. The van der Waals surface area contributed by atoms with Gasteiger partial charge in [-0.3, -0.25) is 14.5 Å². The fourth-order valence-electron chi connectivity index (χ4n) is 3.79. The highest BCUT2D eigenvalue weighted by atomic mass is 35.5. The van der Waals surface area contributed by atoms with Crippen LogP contribution in [0.3, 0.4) is 0 Å². The predicted molar refractivity (Wildman–Crippen MR) is 109 cm³/mol. The van der Waals surface area contributed by atoms with E-state index in [4.69, 9.17) is 16.0 Å². The third-order valence-electron chi connectivity index (χ3n) is 5.07. The molecule has 0 saturated heterocycles. The lowest BCUT2D eigenvalue weighted by Crippen LogP contribution is -2.30. The van der Waals surface area contributed by atoms with E-state index in [1.807, 2.05) is 6.07 Å². The molecule has 0 radical (unpaired) electrons. The Morgan fingerprint density at radius 3 is 2.41 bits per heavy atom. The molecule has 1 aliphatic heterocycles. The second-order valence-corrected chi connectivity index (χ2v) is 7.19. The highest BCUT2D eigenvalue weighted by molar-refractivity contribution is 6.31. The second kappa shape index (κ2) is 6.57. The molecular formula is C23H13ClFNO3. The van der Waals surface area contributed by atoms with Gasteiger partial charge in [0.1, 0.15) is 11.4 Å². The predicted octanol–water partition coefficient (Wildman–Crippen LogP) is 5.34. The van der Waals surface area contributed by atoms with Crippen molar-refractivity contribution in [1.29, 1.82) is 0 Å². The first-order valence-corrected chi connectivity index (χ1v) is 9.33. The molecule has 0 spiro atoms. The number of amides is 1. The van der Waals surface area contributed by atoms with Gasteiger partial charge < -0.3 is 4.42 Å². The number of benzene rings is 3. The van der Waals surface area contributed by atoms with Crippen LogP contribution in [0.5, 0.6) is 0 Å². The number of hydrogen-bond acceptors (Lipinski definition) is 3. The summed E-state index contributed by atoms with van der Waals surface area (Å²) in [7, 11) is 0. The zero-order valence-electron chi connectivity index (χ0n) is 14.9. The minimum atomic E-state index is -0.944. The van der Waals surface area contributed by atoms with E-state index in [2.05, 4.69) is 0 Å². The van der Waals surface area contributed by atoms with Crippen molar-refractivity contribution in [1.82, 2.24) is 0 Å². The third kappa shape index (κ3) is 2.66. The molecule has 4 aromatic rings. The maximum absolute atomic E-state index is 14.8. The van der Waals surface area contributed by atoms with Crippen LogP contribution in [0.2, 0.25) is 5.02 Å². The Morgan fingerprint density at radius 1 is 0.931 bits per heavy atom. The summed E-state index contributed by atoms with van der Waals surface area (Å²) in [5.41, 5.74) is 0.729. The highest BCUT2D eigenvalue weighted by Gasteiger charge is 2.44. The van der Waals surface area contributed by atoms with E-state index in [1.54, 1.807) is 54.6 Å². The van der Waals surface area contributed by atoms with Gasteiger partial charge in [-0.2, -0.15) is 0 Å². The van der Waals surface area contributed by atoms with Crippen LogP contribution in [0.15, 0.2) is 82.0 Å². The minimum Gasteiger partial charge on any atom is -0.450 e. The summed E-state index contributed by atoms with van der Waals surface area (Å²) in [5, 5.41) is 0.622. The topological polar surface area (TPSA) is 50.5 Å². The molecule has 5 rings (SSSR count). The standard InChI is InChI=1S/C23H13ClFNO3/c24-13-10-11-18-16(12-13)21(27)19-20(15-8-4-5-9-17(15)25)26(23(28)22(19)29-18)14-6-2-1-3-7-14/h1-12,20H/t20-/m1/s1. The first kappa shape index (κ1) is 17.6. The fraction of sp³-hybridized carbons (Fsp3) is 0.0435. The normalized spacial score (nSPS) is 15.7. The van der Waals surface area contributed by atoms with Crippen LogP contribution in [0, 0.1) is 5.82 Å². The van der Waals surface area contributed by atoms with Gasteiger partial charge >= 0.3 is 0 Å². The molecular weight excluding hydrogens is 393 g/mol. The number of fused-ring (bicyclic) bond motifs is 2. The van der Waals surface area contributed by atoms with Gasteiger partial charge in [-0.1, -0.05) is 48.0 Å². The molecule has 29 heavy (non-hydrogen) atoms. The van der Waals surface area contributed by atoms with Gasteiger partial charge in [0.15, 0.2) is 5.43 Å². The van der Waals surface area contributed by atoms with Gasteiger partial charge in [-0.15, -0.1) is 0 Å². The largest absolute Gasteiger partial charge is 0.450 e. The van der Waals surface area contributed by atoms with Crippen molar-refractivity contribution in [3.63, 3.8) is 0 Å². The van der Waals surface area contributed by atoms with Gasteiger partial charge in [0.25, 0.3) is 5.91 Å². The Balaban J connectivity index is 1.86. The van der Waals surface area contributed by atoms with Gasteiger partial charge in [-0.05, 0) is 36.4 Å². The van der Waals surface area contributed by atoms with Gasteiger partial charge in [0.05, 0.1) is 17.0 Å². The molecule has 1 aromatic heterocycles. The third-order valence-corrected chi connectivity index (χ3v) is 5.30. The quantitative estimate of drug-likeness (QED) is 0.452. The monoisotopic (exact) mass is 405 g/mol. The number of nitrogens with zero attached hydrogens (tertiary/aromatic N) is 1. The van der Waals surface area contributed by atoms with Crippen LogP contribution in [0.4, 0.5) is 10.1 Å². The van der Waals surface area contributed by atoms with E-state index in [9.17, 15) is 14.0 Å². The Labute approximate surface area is 169 Å². The number of hydrogen-bond donors (Lipinski definition) is 0. The van der Waals surface area contributed by atoms with E-state index in [1.165, 1.54) is 17.0 Å². The van der Waals surface area contributed by atoms with Gasteiger partial charge in [0, 0.05) is 16.3 Å². The van der Waals surface area contributed by atoms with Crippen LogP contribution in [0.25, 0.3) is 11.0 Å². The fourth-order valence-corrected chi connectivity index (χ4v) is 3.96. The average Bonchev–Trinajstić information content (AvgIpc) is 3.02. The lowest BCUT2D eigenvalue weighted by Gasteiger charge is -2.25. The molecule has 0 N–H and O–H groups in total. The zero-order valence-corrected chi connectivity index (χ0v) is 15.7. The van der Waals surface area contributed by atoms with Gasteiger partial charge in [-0.25, -0.2) is 4.39 Å². The zero-order chi connectivity index (χ0) is 20.1. The molecule has 0 unspecified atom stereocenters. The van der Waals surface area contributed by atoms with E-state index in [0.717, 1.165) is 0 Å². The van der Waals surface area contributed by atoms with Crippen molar-refractivity contribution in [2.45, 2.75) is 6.04 Å². The number of halogens is 2. The summed E-state index contributed by atoms with van der Waals surface area (Å²) < 4.78 is 20.6. The number of para-hydroxylation sites is 1. The first-order valence-electron chi connectivity index (χ1n) is 8.95. The SMILES string of the molecule is O=C1c2oc3ccc(Cl)cc3c(=O)c2[C@@H](c2ccccc2F)N1c1ccccc1. The average molecular weight is 406 g/mol. The molecule has 0 bridgehead atoms. The summed E-state index contributed by atoms with van der Waals surface area (Å²) in [4.78, 5) is 28.1. The van der Waals surface area contributed by atoms with Crippen LogP contribution >= 0.6 is 11.6 Å². The molecule has 142 valence electrons. The number of rotatable bonds is 2. The number of carbonyl (C=O) groups is 1. The van der Waals surface area contributed by atoms with E-state index in [0.29, 0.717) is 10.7 Å². The van der Waals surface area contributed by atoms with E-state index in [-0.39, 0.29) is 27.9 Å². The Kier molecular flexibility index (Phi) is 4.00. The molecule has 2 heterocycles. The molecule has 6 heteroatoms. The number of anilines is 1. The summed E-state index contributed by atoms with van der Waals surface area (Å²) in [6.45, 7) is 0. The van der Waals surface area contributed by atoms with Gasteiger partial charge in [0.2, 0.25) is 5.76 Å². The molecule has 1 aliphatic rings. The van der Waals surface area contributed by atoms with Crippen molar-refractivity contribution >= 4 is 34.2 Å². The van der Waals surface area contributed by atoms with Crippen molar-refractivity contribution in [3.05, 3.63) is 111 Å². The molecule has 1 atom stereocenters. The van der Waals surface area contributed by atoms with Crippen LogP contribution < -0.4 is 10.3 Å². The lowest BCUT2D eigenvalue weighted by molar-refractivity contribution is 0.0971.